The smallest absolute Gasteiger partial charge is 0.152 e. The van der Waals surface area contributed by atoms with Crippen LogP contribution in [-0.4, -0.2) is 28.4 Å². The highest BCUT2D eigenvalue weighted by Crippen LogP contribution is 2.29. The Labute approximate surface area is 123 Å². The Morgan fingerprint density at radius 1 is 1.35 bits per heavy atom. The third-order valence-electron chi connectivity index (χ3n) is 3.89. The minimum Gasteiger partial charge on any atom is -0.362 e. The fourth-order valence-corrected chi connectivity index (χ4v) is 2.84. The van der Waals surface area contributed by atoms with Crippen molar-refractivity contribution in [1.29, 1.82) is 0 Å². The molecule has 0 bridgehead atoms. The molecule has 20 heavy (non-hydrogen) atoms. The van der Waals surface area contributed by atoms with Crippen LogP contribution in [0.3, 0.4) is 0 Å². The van der Waals surface area contributed by atoms with Gasteiger partial charge >= 0.3 is 0 Å². The van der Waals surface area contributed by atoms with E-state index in [1.54, 1.807) is 6.33 Å². The van der Waals surface area contributed by atoms with E-state index in [-0.39, 0.29) is 6.04 Å². The number of hydrogen-bond acceptors (Lipinski definition) is 4. The van der Waals surface area contributed by atoms with Crippen molar-refractivity contribution < 1.29 is 0 Å². The molecule has 2 aromatic rings. The van der Waals surface area contributed by atoms with Crippen molar-refractivity contribution in [2.24, 2.45) is 0 Å². The minimum atomic E-state index is 0.251. The van der Waals surface area contributed by atoms with Gasteiger partial charge in [-0.3, -0.25) is 0 Å². The van der Waals surface area contributed by atoms with Crippen LogP contribution in [0.1, 0.15) is 24.4 Å². The van der Waals surface area contributed by atoms with Gasteiger partial charge in [0.25, 0.3) is 0 Å². The van der Waals surface area contributed by atoms with E-state index >= 15 is 0 Å². The Morgan fingerprint density at radius 2 is 2.20 bits per heavy atom. The number of anilines is 1. The molecule has 0 aliphatic carbocycles. The molecule has 1 unspecified atom stereocenters. The first-order valence-corrected chi connectivity index (χ1v) is 7.15. The van der Waals surface area contributed by atoms with Gasteiger partial charge in [-0.15, -0.1) is 10.2 Å². The number of hydrogen-bond donors (Lipinski definition) is 1. The Morgan fingerprint density at radius 3 is 2.95 bits per heavy atom. The van der Waals surface area contributed by atoms with Crippen molar-refractivity contribution >= 4 is 17.3 Å². The summed E-state index contributed by atoms with van der Waals surface area (Å²) >= 11 is 6.40. The first kappa shape index (κ1) is 13.4. The van der Waals surface area contributed by atoms with Gasteiger partial charge in [-0.1, -0.05) is 17.7 Å². The molecule has 6 heteroatoms. The molecule has 1 N–H and O–H groups in total. The molecule has 1 aliphatic rings. The summed E-state index contributed by atoms with van der Waals surface area (Å²) < 4.78 is 2.09. The van der Waals surface area contributed by atoms with E-state index in [1.807, 2.05) is 13.1 Å². The average molecular weight is 292 g/mol. The van der Waals surface area contributed by atoms with Gasteiger partial charge in [-0.25, -0.2) is 0 Å². The van der Waals surface area contributed by atoms with Crippen molar-refractivity contribution in [3.05, 3.63) is 40.9 Å². The number of benzene rings is 1. The van der Waals surface area contributed by atoms with Gasteiger partial charge in [0.05, 0.1) is 6.54 Å². The molecule has 0 spiro atoms. The second kappa shape index (κ2) is 5.42. The molecule has 5 nitrogen and oxygen atoms in total. The standard InChI is InChI=1S/C14H18ClN5/c1-10(16-2)12-4-3-11(7-13(12)15)19-5-6-20-9-17-18-14(20)8-19/h3-4,7,9-10,16H,5-6,8H2,1-2H3. The van der Waals surface area contributed by atoms with Crippen molar-refractivity contribution in [3.8, 4) is 0 Å². The topological polar surface area (TPSA) is 46.0 Å². The van der Waals surface area contributed by atoms with Gasteiger partial charge in [-0.2, -0.15) is 0 Å². The molecular formula is C14H18ClN5. The number of nitrogens with zero attached hydrogens (tertiary/aromatic N) is 4. The van der Waals surface area contributed by atoms with Gasteiger partial charge < -0.3 is 14.8 Å². The van der Waals surface area contributed by atoms with Crippen LogP contribution in [0, 0.1) is 0 Å². The lowest BCUT2D eigenvalue weighted by molar-refractivity contribution is 0.560. The molecule has 0 saturated heterocycles. The maximum Gasteiger partial charge on any atom is 0.152 e. The largest absolute Gasteiger partial charge is 0.362 e. The van der Waals surface area contributed by atoms with Crippen LogP contribution in [0.2, 0.25) is 5.02 Å². The number of nitrogens with one attached hydrogen (secondary N) is 1. The summed E-state index contributed by atoms with van der Waals surface area (Å²) in [5.74, 6) is 1.00. The average Bonchev–Trinajstić information content (AvgIpc) is 2.93. The summed E-state index contributed by atoms with van der Waals surface area (Å²) in [7, 11) is 1.94. The molecule has 0 amide bonds. The van der Waals surface area contributed by atoms with E-state index in [0.717, 1.165) is 41.7 Å². The molecule has 1 aromatic carbocycles. The van der Waals surface area contributed by atoms with Gasteiger partial charge in [0.1, 0.15) is 6.33 Å². The fourth-order valence-electron chi connectivity index (χ4n) is 2.51. The third kappa shape index (κ3) is 2.39. The van der Waals surface area contributed by atoms with E-state index in [2.05, 4.69) is 44.0 Å². The lowest BCUT2D eigenvalue weighted by atomic mass is 10.1. The number of aromatic nitrogens is 3. The van der Waals surface area contributed by atoms with Crippen molar-refractivity contribution in [2.75, 3.05) is 18.5 Å². The molecule has 0 saturated carbocycles. The first-order valence-electron chi connectivity index (χ1n) is 6.77. The van der Waals surface area contributed by atoms with Crippen LogP contribution in [0.4, 0.5) is 5.69 Å². The Kier molecular flexibility index (Phi) is 3.63. The second-order valence-electron chi connectivity index (χ2n) is 5.08. The van der Waals surface area contributed by atoms with Crippen LogP contribution < -0.4 is 10.2 Å². The zero-order valence-electron chi connectivity index (χ0n) is 11.7. The van der Waals surface area contributed by atoms with Crippen molar-refractivity contribution in [2.45, 2.75) is 26.1 Å². The summed E-state index contributed by atoms with van der Waals surface area (Å²) in [5.41, 5.74) is 2.26. The molecular weight excluding hydrogens is 274 g/mol. The summed E-state index contributed by atoms with van der Waals surface area (Å²) in [6.07, 6.45) is 1.79. The summed E-state index contributed by atoms with van der Waals surface area (Å²) in [5, 5.41) is 12.1. The normalized spacial score (nSPS) is 16.1. The summed E-state index contributed by atoms with van der Waals surface area (Å²) in [6.45, 7) is 4.73. The lowest BCUT2D eigenvalue weighted by Gasteiger charge is -2.29. The predicted octanol–water partition coefficient (Wildman–Crippen LogP) is 2.23. The first-order chi connectivity index (χ1) is 9.69. The predicted molar refractivity (Wildman–Crippen MR) is 80.0 cm³/mol. The van der Waals surface area contributed by atoms with Gasteiger partial charge in [-0.05, 0) is 31.7 Å². The Balaban J connectivity index is 1.84. The molecule has 0 fully saturated rings. The second-order valence-corrected chi connectivity index (χ2v) is 5.49. The van der Waals surface area contributed by atoms with E-state index in [1.165, 1.54) is 0 Å². The third-order valence-corrected chi connectivity index (χ3v) is 4.21. The van der Waals surface area contributed by atoms with Crippen LogP contribution in [0.15, 0.2) is 24.5 Å². The molecule has 2 heterocycles. The van der Waals surface area contributed by atoms with Gasteiger partial charge in [0, 0.05) is 29.8 Å². The SMILES string of the molecule is CNC(C)c1ccc(N2CCn3cnnc3C2)cc1Cl. The maximum absolute atomic E-state index is 6.40. The lowest BCUT2D eigenvalue weighted by Crippen LogP contribution is -2.33. The fraction of sp³-hybridized carbons (Fsp3) is 0.429. The van der Waals surface area contributed by atoms with E-state index in [4.69, 9.17) is 11.6 Å². The number of halogens is 1. The number of rotatable bonds is 3. The van der Waals surface area contributed by atoms with Gasteiger partial charge in [0.2, 0.25) is 0 Å². The van der Waals surface area contributed by atoms with E-state index < -0.39 is 0 Å². The van der Waals surface area contributed by atoms with E-state index in [0.29, 0.717) is 0 Å². The highest BCUT2D eigenvalue weighted by Gasteiger charge is 2.18. The van der Waals surface area contributed by atoms with E-state index in [9.17, 15) is 0 Å². The highest BCUT2D eigenvalue weighted by atomic mass is 35.5. The molecule has 1 aromatic heterocycles. The van der Waals surface area contributed by atoms with Crippen LogP contribution in [0.5, 0.6) is 0 Å². The zero-order chi connectivity index (χ0) is 14.1. The zero-order valence-corrected chi connectivity index (χ0v) is 12.4. The van der Waals surface area contributed by atoms with Crippen LogP contribution in [-0.2, 0) is 13.1 Å². The van der Waals surface area contributed by atoms with Crippen molar-refractivity contribution in [3.63, 3.8) is 0 Å². The van der Waals surface area contributed by atoms with Crippen molar-refractivity contribution in [1.82, 2.24) is 20.1 Å². The van der Waals surface area contributed by atoms with Crippen LogP contribution >= 0.6 is 11.6 Å². The minimum absolute atomic E-state index is 0.251. The number of fused-ring (bicyclic) bond motifs is 1. The monoisotopic (exact) mass is 291 g/mol. The molecule has 1 atom stereocenters. The summed E-state index contributed by atoms with van der Waals surface area (Å²) in [6, 6.07) is 6.51. The molecule has 1 aliphatic heterocycles. The molecule has 0 radical (unpaired) electrons. The highest BCUT2D eigenvalue weighted by molar-refractivity contribution is 6.31. The quantitative estimate of drug-likeness (QED) is 0.942. The molecule has 106 valence electrons. The Bertz CT molecular complexity index is 609. The summed E-state index contributed by atoms with van der Waals surface area (Å²) in [4.78, 5) is 2.28. The Hall–Kier alpha value is -1.59. The van der Waals surface area contributed by atoms with Crippen LogP contribution in [0.25, 0.3) is 0 Å². The molecule has 3 rings (SSSR count). The van der Waals surface area contributed by atoms with Gasteiger partial charge in [0.15, 0.2) is 5.82 Å². The maximum atomic E-state index is 6.40.